The van der Waals surface area contributed by atoms with Gasteiger partial charge in [0.2, 0.25) is 0 Å². The zero-order valence-electron chi connectivity index (χ0n) is 9.75. The number of rotatable bonds is 6. The van der Waals surface area contributed by atoms with Crippen LogP contribution in [0.1, 0.15) is 13.3 Å². The Kier molecular flexibility index (Phi) is 5.88. The van der Waals surface area contributed by atoms with Gasteiger partial charge in [-0.3, -0.25) is 0 Å². The topological polar surface area (TPSA) is 59.6 Å². The molecule has 0 aliphatic carbocycles. The highest BCUT2D eigenvalue weighted by molar-refractivity contribution is 5.74. The molecule has 0 aromatic heterocycles. The van der Waals surface area contributed by atoms with Crippen LogP contribution in [0.4, 0.5) is 4.79 Å². The zero-order valence-corrected chi connectivity index (χ0v) is 9.75. The highest BCUT2D eigenvalue weighted by Crippen LogP contribution is 2.02. The summed E-state index contributed by atoms with van der Waals surface area (Å²) in [6, 6.07) is -0.00855. The molecule has 1 aliphatic heterocycles. The minimum Gasteiger partial charge on any atom is -0.379 e. The Morgan fingerprint density at radius 1 is 1.62 bits per heavy atom. The maximum Gasteiger partial charge on any atom is 0.315 e. The first kappa shape index (κ1) is 13.0. The van der Waals surface area contributed by atoms with Gasteiger partial charge in [0.1, 0.15) is 0 Å². The smallest absolute Gasteiger partial charge is 0.315 e. The van der Waals surface area contributed by atoms with Gasteiger partial charge >= 0.3 is 6.03 Å². The number of carbonyl (C=O) groups is 1. The number of hydrogen-bond acceptors (Lipinski definition) is 3. The van der Waals surface area contributed by atoms with E-state index in [1.54, 1.807) is 0 Å². The first-order valence-electron chi connectivity index (χ1n) is 5.52. The van der Waals surface area contributed by atoms with Crippen LogP contribution in [0, 0.1) is 0 Å². The van der Waals surface area contributed by atoms with E-state index < -0.39 is 0 Å². The number of amides is 2. The van der Waals surface area contributed by atoms with Crippen molar-refractivity contribution in [2.45, 2.75) is 19.4 Å². The largest absolute Gasteiger partial charge is 0.379 e. The van der Waals surface area contributed by atoms with Crippen molar-refractivity contribution in [2.75, 3.05) is 33.0 Å². The summed E-state index contributed by atoms with van der Waals surface area (Å²) in [6.07, 6.45) is 0.888. The molecule has 2 N–H and O–H groups in total. The van der Waals surface area contributed by atoms with Crippen molar-refractivity contribution in [1.82, 2.24) is 10.6 Å². The van der Waals surface area contributed by atoms with Crippen LogP contribution in [0.25, 0.3) is 0 Å². The molecular weight excluding hydrogens is 208 g/mol. The van der Waals surface area contributed by atoms with Crippen LogP contribution in [0.15, 0.2) is 12.2 Å². The Labute approximate surface area is 96.2 Å². The van der Waals surface area contributed by atoms with Crippen LogP contribution in [-0.2, 0) is 9.47 Å². The lowest BCUT2D eigenvalue weighted by atomic mass is 10.3. The van der Waals surface area contributed by atoms with Gasteiger partial charge in [-0.25, -0.2) is 4.79 Å². The number of hydrogen-bond donors (Lipinski definition) is 2. The van der Waals surface area contributed by atoms with Crippen LogP contribution in [0.2, 0.25) is 0 Å². The van der Waals surface area contributed by atoms with Crippen LogP contribution in [0.5, 0.6) is 0 Å². The fraction of sp³-hybridized carbons (Fsp3) is 0.727. The summed E-state index contributed by atoms with van der Waals surface area (Å²) in [5, 5.41) is 5.55. The van der Waals surface area contributed by atoms with Gasteiger partial charge in [-0.2, -0.15) is 0 Å². The molecule has 2 amide bonds. The molecular formula is C11H20N2O3. The molecule has 0 bridgehead atoms. The molecule has 92 valence electrons. The number of urea groups is 1. The first-order chi connectivity index (χ1) is 7.68. The van der Waals surface area contributed by atoms with E-state index in [0.29, 0.717) is 26.4 Å². The van der Waals surface area contributed by atoms with Crippen LogP contribution in [-0.4, -0.2) is 45.0 Å². The molecule has 1 atom stereocenters. The molecule has 1 unspecified atom stereocenters. The predicted octanol–water partition coefficient (Wildman–Crippen LogP) is 0.667. The molecule has 1 fully saturated rings. The Morgan fingerprint density at radius 2 is 2.44 bits per heavy atom. The van der Waals surface area contributed by atoms with Crippen LogP contribution >= 0.6 is 0 Å². The van der Waals surface area contributed by atoms with Crippen molar-refractivity contribution < 1.29 is 14.3 Å². The van der Waals surface area contributed by atoms with Crippen molar-refractivity contribution in [1.29, 1.82) is 0 Å². The molecule has 1 heterocycles. The molecule has 1 rings (SSSR count). The third-order valence-electron chi connectivity index (χ3n) is 2.15. The molecule has 0 saturated carbocycles. The second-order valence-corrected chi connectivity index (χ2v) is 3.97. The summed E-state index contributed by atoms with van der Waals surface area (Å²) in [6.45, 7) is 8.51. The lowest BCUT2D eigenvalue weighted by Gasteiger charge is -2.11. The van der Waals surface area contributed by atoms with E-state index in [-0.39, 0.29) is 12.1 Å². The summed E-state index contributed by atoms with van der Waals surface area (Å²) < 4.78 is 10.4. The molecule has 5 nitrogen and oxygen atoms in total. The van der Waals surface area contributed by atoms with Crippen LogP contribution in [0.3, 0.4) is 0 Å². The second kappa shape index (κ2) is 7.24. The van der Waals surface area contributed by atoms with Crippen molar-refractivity contribution in [3.63, 3.8) is 0 Å². The molecule has 5 heteroatoms. The SMILES string of the molecule is C=C(C)COCCNC(=O)NC1CCOC1. The van der Waals surface area contributed by atoms with Crippen molar-refractivity contribution in [3.05, 3.63) is 12.2 Å². The standard InChI is InChI=1S/C11H20N2O3/c1-9(2)7-16-6-4-12-11(14)13-10-3-5-15-8-10/h10H,1,3-8H2,2H3,(H2,12,13,14). The zero-order chi connectivity index (χ0) is 11.8. The summed E-state index contributed by atoms with van der Waals surface area (Å²) in [7, 11) is 0. The Morgan fingerprint density at radius 3 is 3.06 bits per heavy atom. The number of nitrogens with one attached hydrogen (secondary N) is 2. The average molecular weight is 228 g/mol. The fourth-order valence-corrected chi connectivity index (χ4v) is 1.37. The van der Waals surface area contributed by atoms with Crippen molar-refractivity contribution in [3.8, 4) is 0 Å². The summed E-state index contributed by atoms with van der Waals surface area (Å²) >= 11 is 0. The van der Waals surface area contributed by atoms with E-state index in [4.69, 9.17) is 9.47 Å². The van der Waals surface area contributed by atoms with E-state index >= 15 is 0 Å². The number of carbonyl (C=O) groups excluding carboxylic acids is 1. The van der Waals surface area contributed by atoms with E-state index in [9.17, 15) is 4.79 Å². The maximum absolute atomic E-state index is 11.3. The van der Waals surface area contributed by atoms with E-state index in [1.165, 1.54) is 0 Å². The molecule has 1 aliphatic rings. The van der Waals surface area contributed by atoms with Gasteiger partial charge in [0.05, 0.1) is 25.9 Å². The Hall–Kier alpha value is -1.07. The normalized spacial score (nSPS) is 19.4. The average Bonchev–Trinajstić information content (AvgIpc) is 2.69. The predicted molar refractivity (Wildman–Crippen MR) is 61.4 cm³/mol. The van der Waals surface area contributed by atoms with Gasteiger partial charge in [-0.1, -0.05) is 12.2 Å². The lowest BCUT2D eigenvalue weighted by Crippen LogP contribution is -2.43. The Bertz CT molecular complexity index is 237. The maximum atomic E-state index is 11.3. The van der Waals surface area contributed by atoms with E-state index in [0.717, 1.165) is 18.6 Å². The van der Waals surface area contributed by atoms with Gasteiger partial charge in [0.25, 0.3) is 0 Å². The monoisotopic (exact) mass is 228 g/mol. The Balaban J connectivity index is 1.95. The third-order valence-corrected chi connectivity index (χ3v) is 2.15. The van der Waals surface area contributed by atoms with Crippen LogP contribution < -0.4 is 10.6 Å². The minimum absolute atomic E-state index is 0.149. The summed E-state index contributed by atoms with van der Waals surface area (Å²) in [5.74, 6) is 0. The quantitative estimate of drug-likeness (QED) is 0.519. The summed E-state index contributed by atoms with van der Waals surface area (Å²) in [4.78, 5) is 11.3. The molecule has 1 saturated heterocycles. The highest BCUT2D eigenvalue weighted by Gasteiger charge is 2.16. The van der Waals surface area contributed by atoms with Gasteiger partial charge < -0.3 is 20.1 Å². The van der Waals surface area contributed by atoms with Crippen molar-refractivity contribution >= 4 is 6.03 Å². The lowest BCUT2D eigenvalue weighted by molar-refractivity contribution is 0.157. The van der Waals surface area contributed by atoms with Gasteiger partial charge in [-0.05, 0) is 13.3 Å². The van der Waals surface area contributed by atoms with Gasteiger partial charge in [0.15, 0.2) is 0 Å². The first-order valence-corrected chi connectivity index (χ1v) is 5.52. The number of ether oxygens (including phenoxy) is 2. The molecule has 0 aromatic rings. The highest BCUT2D eigenvalue weighted by atomic mass is 16.5. The van der Waals surface area contributed by atoms with Gasteiger partial charge in [0, 0.05) is 13.2 Å². The molecule has 16 heavy (non-hydrogen) atoms. The van der Waals surface area contributed by atoms with E-state index in [1.807, 2.05) is 6.92 Å². The fourth-order valence-electron chi connectivity index (χ4n) is 1.37. The van der Waals surface area contributed by atoms with E-state index in [2.05, 4.69) is 17.2 Å². The second-order valence-electron chi connectivity index (χ2n) is 3.97. The molecule has 0 aromatic carbocycles. The van der Waals surface area contributed by atoms with Gasteiger partial charge in [-0.15, -0.1) is 0 Å². The third kappa shape index (κ3) is 5.72. The molecule has 0 spiro atoms. The molecule has 0 radical (unpaired) electrons. The summed E-state index contributed by atoms with van der Waals surface area (Å²) in [5.41, 5.74) is 0.979. The van der Waals surface area contributed by atoms with Crippen molar-refractivity contribution in [2.24, 2.45) is 0 Å². The minimum atomic E-state index is -0.158.